The van der Waals surface area contributed by atoms with Crippen molar-refractivity contribution < 1.29 is 0 Å². The van der Waals surface area contributed by atoms with Gasteiger partial charge in [-0.05, 0) is 43.4 Å². The van der Waals surface area contributed by atoms with Crippen molar-refractivity contribution in [2.24, 2.45) is 5.92 Å². The third-order valence-corrected chi connectivity index (χ3v) is 4.69. The Labute approximate surface area is 128 Å². The molecule has 0 radical (unpaired) electrons. The van der Waals surface area contributed by atoms with E-state index in [9.17, 15) is 0 Å². The average molecular weight is 295 g/mol. The van der Waals surface area contributed by atoms with E-state index in [1.165, 1.54) is 50.5 Å². The van der Waals surface area contributed by atoms with Crippen LogP contribution in [0.3, 0.4) is 0 Å². The highest BCUT2D eigenvalue weighted by Crippen LogP contribution is 2.28. The summed E-state index contributed by atoms with van der Waals surface area (Å²) in [7, 11) is 0. The number of nitrogens with one attached hydrogen (secondary N) is 1. The van der Waals surface area contributed by atoms with Crippen molar-refractivity contribution >= 4 is 11.6 Å². The van der Waals surface area contributed by atoms with Gasteiger partial charge in [0.25, 0.3) is 0 Å². The summed E-state index contributed by atoms with van der Waals surface area (Å²) in [6.45, 7) is 3.32. The predicted molar refractivity (Wildman–Crippen MR) is 86.2 cm³/mol. The highest BCUT2D eigenvalue weighted by Gasteiger charge is 2.19. The standard InChI is InChI=1S/C17H27ClN2/c1-2-9-20-16(11-14-6-4-3-5-7-14)12-15-8-10-19-13-17(15)18/h8,10,13-14,16,20H,2-7,9,11-12H2,1H3. The number of rotatable bonds is 7. The molecule has 3 heteroatoms. The van der Waals surface area contributed by atoms with Crippen molar-refractivity contribution in [3.63, 3.8) is 0 Å². The monoisotopic (exact) mass is 294 g/mol. The van der Waals surface area contributed by atoms with Gasteiger partial charge in [0.1, 0.15) is 0 Å². The van der Waals surface area contributed by atoms with Crippen LogP contribution in [-0.2, 0) is 6.42 Å². The summed E-state index contributed by atoms with van der Waals surface area (Å²) in [5.74, 6) is 0.902. The zero-order chi connectivity index (χ0) is 14.2. The molecule has 0 amide bonds. The summed E-state index contributed by atoms with van der Waals surface area (Å²) in [4.78, 5) is 4.08. The molecule has 1 N–H and O–H groups in total. The first-order valence-electron chi connectivity index (χ1n) is 8.11. The van der Waals surface area contributed by atoms with Gasteiger partial charge in [0.05, 0.1) is 5.02 Å². The zero-order valence-electron chi connectivity index (χ0n) is 12.6. The maximum atomic E-state index is 6.25. The van der Waals surface area contributed by atoms with Crippen LogP contribution in [0.15, 0.2) is 18.5 Å². The molecule has 0 aromatic carbocycles. The number of halogens is 1. The van der Waals surface area contributed by atoms with Gasteiger partial charge in [-0.2, -0.15) is 0 Å². The molecule has 1 aromatic heterocycles. The number of hydrogen-bond donors (Lipinski definition) is 1. The van der Waals surface area contributed by atoms with E-state index in [4.69, 9.17) is 11.6 Å². The van der Waals surface area contributed by atoms with Crippen LogP contribution >= 0.6 is 11.6 Å². The fraction of sp³-hybridized carbons (Fsp3) is 0.706. The second-order valence-corrected chi connectivity index (χ2v) is 6.47. The molecule has 1 atom stereocenters. The normalized spacial score (nSPS) is 18.1. The molecule has 1 saturated carbocycles. The Morgan fingerprint density at radius 3 is 2.85 bits per heavy atom. The molecule has 1 heterocycles. The summed E-state index contributed by atoms with van der Waals surface area (Å²) >= 11 is 6.25. The minimum Gasteiger partial charge on any atom is -0.314 e. The lowest BCUT2D eigenvalue weighted by molar-refractivity contribution is 0.296. The molecule has 2 rings (SSSR count). The maximum Gasteiger partial charge on any atom is 0.0621 e. The van der Waals surface area contributed by atoms with Gasteiger partial charge in [0, 0.05) is 18.4 Å². The second kappa shape index (κ2) is 8.63. The van der Waals surface area contributed by atoms with E-state index < -0.39 is 0 Å². The van der Waals surface area contributed by atoms with E-state index in [0.717, 1.165) is 23.9 Å². The van der Waals surface area contributed by atoms with Crippen molar-refractivity contribution in [2.75, 3.05) is 6.54 Å². The molecule has 1 fully saturated rings. The van der Waals surface area contributed by atoms with Crippen molar-refractivity contribution in [1.29, 1.82) is 0 Å². The Bertz CT molecular complexity index is 388. The molecule has 20 heavy (non-hydrogen) atoms. The summed E-state index contributed by atoms with van der Waals surface area (Å²) in [5, 5.41) is 4.52. The summed E-state index contributed by atoms with van der Waals surface area (Å²) in [6, 6.07) is 2.61. The van der Waals surface area contributed by atoms with Gasteiger partial charge >= 0.3 is 0 Å². The van der Waals surface area contributed by atoms with Gasteiger partial charge in [0.15, 0.2) is 0 Å². The smallest absolute Gasteiger partial charge is 0.0621 e. The SMILES string of the molecule is CCCNC(Cc1ccncc1Cl)CC1CCCCC1. The Kier molecular flexibility index (Phi) is 6.81. The first kappa shape index (κ1) is 15.8. The van der Waals surface area contributed by atoms with Gasteiger partial charge in [-0.25, -0.2) is 0 Å². The average Bonchev–Trinajstić information content (AvgIpc) is 2.48. The first-order valence-corrected chi connectivity index (χ1v) is 8.49. The fourth-order valence-corrected chi connectivity index (χ4v) is 3.44. The van der Waals surface area contributed by atoms with Crippen LogP contribution in [0.4, 0.5) is 0 Å². The highest BCUT2D eigenvalue weighted by molar-refractivity contribution is 6.31. The molecular weight excluding hydrogens is 268 g/mol. The van der Waals surface area contributed by atoms with Crippen molar-refractivity contribution in [3.05, 3.63) is 29.0 Å². The van der Waals surface area contributed by atoms with Gasteiger partial charge in [-0.3, -0.25) is 4.98 Å². The highest BCUT2D eigenvalue weighted by atomic mass is 35.5. The lowest BCUT2D eigenvalue weighted by Crippen LogP contribution is -2.34. The molecule has 112 valence electrons. The predicted octanol–water partition coefficient (Wildman–Crippen LogP) is 4.62. The number of pyridine rings is 1. The second-order valence-electron chi connectivity index (χ2n) is 6.06. The summed E-state index contributed by atoms with van der Waals surface area (Å²) < 4.78 is 0. The Morgan fingerprint density at radius 2 is 2.15 bits per heavy atom. The van der Waals surface area contributed by atoms with Crippen LogP contribution in [0.25, 0.3) is 0 Å². The van der Waals surface area contributed by atoms with E-state index in [0.29, 0.717) is 6.04 Å². The lowest BCUT2D eigenvalue weighted by atomic mass is 9.83. The van der Waals surface area contributed by atoms with E-state index in [-0.39, 0.29) is 0 Å². The third kappa shape index (κ3) is 5.06. The lowest BCUT2D eigenvalue weighted by Gasteiger charge is -2.27. The van der Waals surface area contributed by atoms with Crippen molar-refractivity contribution in [2.45, 2.75) is 64.3 Å². The molecule has 1 unspecified atom stereocenters. The fourth-order valence-electron chi connectivity index (χ4n) is 3.25. The molecule has 0 bridgehead atoms. The van der Waals surface area contributed by atoms with Gasteiger partial charge in [-0.1, -0.05) is 50.6 Å². The molecule has 1 aliphatic carbocycles. The van der Waals surface area contributed by atoms with Gasteiger partial charge in [-0.15, -0.1) is 0 Å². The van der Waals surface area contributed by atoms with Crippen LogP contribution in [-0.4, -0.2) is 17.6 Å². The number of hydrogen-bond acceptors (Lipinski definition) is 2. The largest absolute Gasteiger partial charge is 0.314 e. The van der Waals surface area contributed by atoms with E-state index >= 15 is 0 Å². The van der Waals surface area contributed by atoms with Crippen LogP contribution in [0, 0.1) is 5.92 Å². The van der Waals surface area contributed by atoms with Crippen LogP contribution in [0.2, 0.25) is 5.02 Å². The number of aromatic nitrogens is 1. The Morgan fingerprint density at radius 1 is 1.35 bits per heavy atom. The third-order valence-electron chi connectivity index (χ3n) is 4.35. The summed E-state index contributed by atoms with van der Waals surface area (Å²) in [6.07, 6.45) is 14.2. The minimum atomic E-state index is 0.554. The minimum absolute atomic E-state index is 0.554. The van der Waals surface area contributed by atoms with E-state index in [1.807, 2.05) is 6.20 Å². The molecule has 1 aromatic rings. The topological polar surface area (TPSA) is 24.9 Å². The van der Waals surface area contributed by atoms with E-state index in [1.54, 1.807) is 6.20 Å². The first-order chi connectivity index (χ1) is 9.79. The molecule has 0 aliphatic heterocycles. The van der Waals surface area contributed by atoms with Crippen LogP contribution in [0.5, 0.6) is 0 Å². The van der Waals surface area contributed by atoms with Crippen molar-refractivity contribution in [1.82, 2.24) is 10.3 Å². The molecule has 2 nitrogen and oxygen atoms in total. The molecule has 1 aliphatic rings. The van der Waals surface area contributed by atoms with Gasteiger partial charge in [0.2, 0.25) is 0 Å². The van der Waals surface area contributed by atoms with Crippen molar-refractivity contribution in [3.8, 4) is 0 Å². The Balaban J connectivity index is 1.93. The number of nitrogens with zero attached hydrogens (tertiary/aromatic N) is 1. The van der Waals surface area contributed by atoms with Crippen LogP contribution < -0.4 is 5.32 Å². The van der Waals surface area contributed by atoms with E-state index in [2.05, 4.69) is 23.3 Å². The van der Waals surface area contributed by atoms with Gasteiger partial charge < -0.3 is 5.32 Å². The zero-order valence-corrected chi connectivity index (χ0v) is 13.3. The summed E-state index contributed by atoms with van der Waals surface area (Å²) in [5.41, 5.74) is 1.23. The molecular formula is C17H27ClN2. The maximum absolute atomic E-state index is 6.25. The Hall–Kier alpha value is -0.600. The van der Waals surface area contributed by atoms with Crippen LogP contribution in [0.1, 0.15) is 57.4 Å². The molecule has 0 saturated heterocycles. The quantitative estimate of drug-likeness (QED) is 0.794. The molecule has 0 spiro atoms.